The zero-order chi connectivity index (χ0) is 14.4. The maximum Gasteiger partial charge on any atom is 0.321 e. The van der Waals surface area contributed by atoms with Gasteiger partial charge in [-0.15, -0.1) is 11.8 Å². The number of urea groups is 1. The number of rotatable bonds is 3. The lowest BCUT2D eigenvalue weighted by molar-refractivity contribution is -0.117. The number of carbonyl (C=O) groups excluding carboxylic acids is 2. The minimum atomic E-state index is -0.505. The second kappa shape index (κ2) is 7.04. The van der Waals surface area contributed by atoms with E-state index >= 15 is 0 Å². The van der Waals surface area contributed by atoms with Gasteiger partial charge < -0.3 is 14.8 Å². The van der Waals surface area contributed by atoms with E-state index in [1.54, 1.807) is 0 Å². The van der Waals surface area contributed by atoms with Gasteiger partial charge in [0, 0.05) is 18.4 Å². The van der Waals surface area contributed by atoms with Crippen molar-refractivity contribution in [3.63, 3.8) is 0 Å². The molecule has 1 aromatic rings. The molecule has 0 saturated heterocycles. The van der Waals surface area contributed by atoms with Crippen molar-refractivity contribution in [2.24, 2.45) is 0 Å². The van der Waals surface area contributed by atoms with Crippen molar-refractivity contribution in [2.75, 3.05) is 26.0 Å². The summed E-state index contributed by atoms with van der Waals surface area (Å²) in [4.78, 5) is 23.3. The Hall–Kier alpha value is -1.89. The van der Waals surface area contributed by atoms with Crippen LogP contribution in [0.15, 0.2) is 23.1 Å². The van der Waals surface area contributed by atoms with E-state index in [1.807, 2.05) is 18.2 Å². The fourth-order valence-electron chi connectivity index (χ4n) is 1.61. The molecule has 108 valence electrons. The summed E-state index contributed by atoms with van der Waals surface area (Å²) >= 11 is 1.33. The third-order valence-corrected chi connectivity index (χ3v) is 3.56. The van der Waals surface area contributed by atoms with E-state index in [1.165, 1.54) is 18.8 Å². The van der Waals surface area contributed by atoms with Crippen LogP contribution < -0.4 is 20.1 Å². The van der Waals surface area contributed by atoms with Crippen molar-refractivity contribution >= 4 is 23.7 Å². The Bertz CT molecular complexity index is 507. The number of fused-ring (bicyclic) bond motifs is 1. The van der Waals surface area contributed by atoms with Crippen LogP contribution in [0, 0.1) is 0 Å². The van der Waals surface area contributed by atoms with Crippen LogP contribution in [0.5, 0.6) is 11.5 Å². The molecule has 2 N–H and O–H groups in total. The van der Waals surface area contributed by atoms with Gasteiger partial charge in [0.25, 0.3) is 0 Å². The largest absolute Gasteiger partial charge is 0.490 e. The molecule has 20 heavy (non-hydrogen) atoms. The first-order valence-electron chi connectivity index (χ1n) is 6.23. The molecule has 0 unspecified atom stereocenters. The van der Waals surface area contributed by atoms with E-state index < -0.39 is 6.03 Å². The molecule has 1 aromatic carbocycles. The molecule has 0 aromatic heterocycles. The summed E-state index contributed by atoms with van der Waals surface area (Å²) in [5, 5.41) is 4.53. The molecule has 2 rings (SSSR count). The van der Waals surface area contributed by atoms with Crippen LogP contribution in [-0.2, 0) is 4.79 Å². The number of thioether (sulfide) groups is 1. The summed E-state index contributed by atoms with van der Waals surface area (Å²) in [6, 6.07) is 5.04. The molecule has 1 heterocycles. The van der Waals surface area contributed by atoms with E-state index in [4.69, 9.17) is 9.47 Å². The molecular weight excluding hydrogens is 280 g/mol. The first-order chi connectivity index (χ1) is 9.69. The van der Waals surface area contributed by atoms with Gasteiger partial charge in [-0.1, -0.05) is 0 Å². The van der Waals surface area contributed by atoms with Crippen molar-refractivity contribution in [1.82, 2.24) is 10.6 Å². The summed E-state index contributed by atoms with van der Waals surface area (Å²) in [6.45, 7) is 1.27. The molecule has 1 aliphatic rings. The third kappa shape index (κ3) is 4.06. The van der Waals surface area contributed by atoms with Gasteiger partial charge in [0.1, 0.15) is 0 Å². The lowest BCUT2D eigenvalue weighted by Gasteiger charge is -2.09. The van der Waals surface area contributed by atoms with Gasteiger partial charge in [-0.05, 0) is 18.2 Å². The van der Waals surface area contributed by atoms with Crippen molar-refractivity contribution in [1.29, 1.82) is 0 Å². The van der Waals surface area contributed by atoms with Crippen LogP contribution in [0.4, 0.5) is 4.79 Å². The van der Waals surface area contributed by atoms with Crippen LogP contribution in [-0.4, -0.2) is 38.0 Å². The molecular formula is C13H16N2O4S. The quantitative estimate of drug-likeness (QED) is 0.824. The van der Waals surface area contributed by atoms with Gasteiger partial charge in [0.15, 0.2) is 11.5 Å². The molecule has 3 amide bonds. The smallest absolute Gasteiger partial charge is 0.321 e. The second-order valence-electron chi connectivity index (χ2n) is 4.07. The maximum atomic E-state index is 11.5. The zero-order valence-corrected chi connectivity index (χ0v) is 11.9. The lowest BCUT2D eigenvalue weighted by Crippen LogP contribution is -2.38. The van der Waals surface area contributed by atoms with E-state index in [0.717, 1.165) is 17.1 Å². The number of benzene rings is 1. The normalized spacial score (nSPS) is 13.2. The summed E-state index contributed by atoms with van der Waals surface area (Å²) < 4.78 is 11.1. The van der Waals surface area contributed by atoms with Crippen molar-refractivity contribution in [2.45, 2.75) is 11.3 Å². The van der Waals surface area contributed by atoms with E-state index in [0.29, 0.717) is 19.0 Å². The SMILES string of the molecule is CNC(=O)NC(=O)CSc1ccc2c(c1)OCCCO2. The molecule has 0 bridgehead atoms. The van der Waals surface area contributed by atoms with Crippen LogP contribution in [0.1, 0.15) is 6.42 Å². The van der Waals surface area contributed by atoms with Crippen molar-refractivity contribution in [3.05, 3.63) is 18.2 Å². The maximum absolute atomic E-state index is 11.5. The Morgan fingerprint density at radius 1 is 1.25 bits per heavy atom. The standard InChI is InChI=1S/C13H16N2O4S/c1-14-13(17)15-12(16)8-20-9-3-4-10-11(7-9)19-6-2-5-18-10/h3-4,7H,2,5-6,8H2,1H3,(H2,14,15,16,17). The second-order valence-corrected chi connectivity index (χ2v) is 5.12. The third-order valence-electron chi connectivity index (χ3n) is 2.57. The summed E-state index contributed by atoms with van der Waals surface area (Å²) in [5.41, 5.74) is 0. The zero-order valence-electron chi connectivity index (χ0n) is 11.1. The van der Waals surface area contributed by atoms with Gasteiger partial charge in [0.2, 0.25) is 5.91 Å². The average Bonchev–Trinajstić information content (AvgIpc) is 2.69. The minimum absolute atomic E-state index is 0.160. The van der Waals surface area contributed by atoms with Gasteiger partial charge in [-0.25, -0.2) is 4.79 Å². The Morgan fingerprint density at radius 3 is 2.75 bits per heavy atom. The molecule has 0 aliphatic carbocycles. The number of hydrogen-bond acceptors (Lipinski definition) is 5. The highest BCUT2D eigenvalue weighted by Gasteiger charge is 2.12. The predicted molar refractivity (Wildman–Crippen MR) is 75.4 cm³/mol. The first-order valence-corrected chi connectivity index (χ1v) is 7.21. The molecule has 7 heteroatoms. The Labute approximate surface area is 121 Å². The Balaban J connectivity index is 1.92. The van der Waals surface area contributed by atoms with Gasteiger partial charge in [0.05, 0.1) is 19.0 Å². The fraction of sp³-hybridized carbons (Fsp3) is 0.385. The topological polar surface area (TPSA) is 76.7 Å². The predicted octanol–water partition coefficient (Wildman–Crippen LogP) is 1.40. The van der Waals surface area contributed by atoms with E-state index in [9.17, 15) is 9.59 Å². The van der Waals surface area contributed by atoms with Gasteiger partial charge in [-0.2, -0.15) is 0 Å². The Kier molecular flexibility index (Phi) is 5.11. The number of nitrogens with one attached hydrogen (secondary N) is 2. The van der Waals surface area contributed by atoms with Crippen molar-refractivity contribution < 1.29 is 19.1 Å². The molecule has 0 spiro atoms. The van der Waals surface area contributed by atoms with E-state index in [-0.39, 0.29) is 11.7 Å². The fourth-order valence-corrected chi connectivity index (χ4v) is 2.33. The van der Waals surface area contributed by atoms with Crippen LogP contribution in [0.25, 0.3) is 0 Å². The highest BCUT2D eigenvalue weighted by atomic mass is 32.2. The first kappa shape index (κ1) is 14.5. The summed E-state index contributed by atoms with van der Waals surface area (Å²) in [6.07, 6.45) is 0.853. The number of ether oxygens (including phenoxy) is 2. The summed E-state index contributed by atoms with van der Waals surface area (Å²) in [7, 11) is 1.46. The summed E-state index contributed by atoms with van der Waals surface area (Å²) in [5.74, 6) is 1.23. The number of carbonyl (C=O) groups is 2. The Morgan fingerprint density at radius 2 is 2.00 bits per heavy atom. The van der Waals surface area contributed by atoms with Gasteiger partial charge in [-0.3, -0.25) is 10.1 Å². The number of hydrogen-bond donors (Lipinski definition) is 2. The molecule has 1 aliphatic heterocycles. The monoisotopic (exact) mass is 296 g/mol. The van der Waals surface area contributed by atoms with Crippen LogP contribution in [0.2, 0.25) is 0 Å². The van der Waals surface area contributed by atoms with Crippen LogP contribution in [0.3, 0.4) is 0 Å². The number of imide groups is 1. The molecule has 0 atom stereocenters. The van der Waals surface area contributed by atoms with Crippen molar-refractivity contribution in [3.8, 4) is 11.5 Å². The number of amides is 3. The molecule has 0 fully saturated rings. The highest BCUT2D eigenvalue weighted by molar-refractivity contribution is 8.00. The molecule has 0 saturated carbocycles. The van der Waals surface area contributed by atoms with Gasteiger partial charge >= 0.3 is 6.03 Å². The van der Waals surface area contributed by atoms with E-state index in [2.05, 4.69) is 10.6 Å². The lowest BCUT2D eigenvalue weighted by atomic mass is 10.3. The average molecular weight is 296 g/mol. The molecule has 6 nitrogen and oxygen atoms in total. The van der Waals surface area contributed by atoms with Crippen LogP contribution >= 0.6 is 11.8 Å². The molecule has 0 radical (unpaired) electrons. The highest BCUT2D eigenvalue weighted by Crippen LogP contribution is 2.33. The minimum Gasteiger partial charge on any atom is -0.490 e.